The van der Waals surface area contributed by atoms with E-state index in [-0.39, 0.29) is 6.61 Å². The predicted octanol–water partition coefficient (Wildman–Crippen LogP) is -0.117. The smallest absolute Gasteiger partial charge is 0.412 e. The van der Waals surface area contributed by atoms with Gasteiger partial charge in [-0.05, 0) is 19.8 Å². The summed E-state index contributed by atoms with van der Waals surface area (Å²) in [6.45, 7) is 5.23. The second-order valence-corrected chi connectivity index (χ2v) is 6.39. The highest BCUT2D eigenvalue weighted by atomic mass is 16.5. The first-order valence-electron chi connectivity index (χ1n) is 8.75. The van der Waals surface area contributed by atoms with Crippen molar-refractivity contribution in [2.75, 3.05) is 39.5 Å². The van der Waals surface area contributed by atoms with Crippen molar-refractivity contribution < 1.29 is 19.4 Å². The van der Waals surface area contributed by atoms with E-state index in [0.29, 0.717) is 32.1 Å². The second-order valence-electron chi connectivity index (χ2n) is 6.39. The summed E-state index contributed by atoms with van der Waals surface area (Å²) in [5.41, 5.74) is 1.80. The Morgan fingerprint density at radius 3 is 3.04 bits per heavy atom. The average Bonchev–Trinajstić information content (AvgIpc) is 3.19. The Balaban J connectivity index is 1.67. The molecule has 0 spiro atoms. The van der Waals surface area contributed by atoms with Crippen LogP contribution in [-0.4, -0.2) is 84.5 Å². The summed E-state index contributed by atoms with van der Waals surface area (Å²) >= 11 is 0. The van der Waals surface area contributed by atoms with Crippen LogP contribution >= 0.6 is 0 Å². The lowest BCUT2D eigenvalue weighted by atomic mass is 10.00. The minimum Gasteiger partial charge on any atom is -0.450 e. The van der Waals surface area contributed by atoms with Crippen molar-refractivity contribution in [3.05, 3.63) is 11.3 Å². The van der Waals surface area contributed by atoms with Crippen LogP contribution in [0.1, 0.15) is 19.8 Å². The molecule has 0 aromatic rings. The maximum Gasteiger partial charge on any atom is 0.412 e. The van der Waals surface area contributed by atoms with Gasteiger partial charge >= 0.3 is 6.09 Å². The zero-order valence-electron chi connectivity index (χ0n) is 14.3. The SMILES string of the molecule is CCOC(=O)NC1=NC=NC2C1=C1CCCN1C2(O)N1CCOCC1. The van der Waals surface area contributed by atoms with Crippen LogP contribution < -0.4 is 5.32 Å². The van der Waals surface area contributed by atoms with Gasteiger partial charge in [0.15, 0.2) is 0 Å². The molecule has 0 saturated carbocycles. The molecule has 2 N–H and O–H groups in total. The summed E-state index contributed by atoms with van der Waals surface area (Å²) in [5, 5.41) is 14.4. The number of ether oxygens (including phenoxy) is 2. The Morgan fingerprint density at radius 1 is 1.48 bits per heavy atom. The first-order chi connectivity index (χ1) is 12.2. The predicted molar refractivity (Wildman–Crippen MR) is 90.2 cm³/mol. The normalized spacial score (nSPS) is 31.7. The molecule has 0 radical (unpaired) electrons. The number of aliphatic imine (C=N–C) groups is 2. The van der Waals surface area contributed by atoms with Crippen LogP contribution in [0.5, 0.6) is 0 Å². The highest BCUT2D eigenvalue weighted by Gasteiger charge is 2.58. The number of nitrogens with one attached hydrogen (secondary N) is 1. The molecule has 9 heteroatoms. The van der Waals surface area contributed by atoms with Gasteiger partial charge in [-0.2, -0.15) is 0 Å². The molecule has 4 heterocycles. The number of aliphatic hydroxyl groups is 1. The topological polar surface area (TPSA) is 99.0 Å². The van der Waals surface area contributed by atoms with Gasteiger partial charge in [0.05, 0.1) is 19.8 Å². The molecule has 4 rings (SSSR count). The van der Waals surface area contributed by atoms with Gasteiger partial charge in [0.25, 0.3) is 0 Å². The van der Waals surface area contributed by atoms with Crippen LogP contribution in [0.15, 0.2) is 21.3 Å². The highest BCUT2D eigenvalue weighted by molar-refractivity contribution is 6.11. The van der Waals surface area contributed by atoms with Gasteiger partial charge in [-0.25, -0.2) is 9.79 Å². The summed E-state index contributed by atoms with van der Waals surface area (Å²) in [6, 6.07) is -0.504. The fraction of sp³-hybridized carbons (Fsp3) is 0.688. The van der Waals surface area contributed by atoms with Crippen LogP contribution in [0.4, 0.5) is 4.79 Å². The van der Waals surface area contributed by atoms with Crippen LogP contribution in [0.3, 0.4) is 0 Å². The third-order valence-corrected chi connectivity index (χ3v) is 5.10. The van der Waals surface area contributed by atoms with Gasteiger partial charge in [0, 0.05) is 30.9 Å². The van der Waals surface area contributed by atoms with Gasteiger partial charge in [-0.15, -0.1) is 0 Å². The van der Waals surface area contributed by atoms with E-state index in [1.807, 2.05) is 9.80 Å². The number of hydrogen-bond donors (Lipinski definition) is 2. The zero-order chi connectivity index (χ0) is 17.4. The van der Waals surface area contributed by atoms with E-state index in [1.54, 1.807) is 6.92 Å². The molecular formula is C16H23N5O4. The maximum absolute atomic E-state index is 11.9. The molecule has 0 bridgehead atoms. The summed E-state index contributed by atoms with van der Waals surface area (Å²) in [4.78, 5) is 24.6. The number of amidine groups is 1. The monoisotopic (exact) mass is 349 g/mol. The zero-order valence-corrected chi connectivity index (χ0v) is 14.3. The molecule has 25 heavy (non-hydrogen) atoms. The molecule has 4 aliphatic rings. The largest absolute Gasteiger partial charge is 0.450 e. The Hall–Kier alpha value is -1.97. The van der Waals surface area contributed by atoms with Gasteiger partial charge in [-0.3, -0.25) is 15.2 Å². The van der Waals surface area contributed by atoms with Crippen molar-refractivity contribution in [1.29, 1.82) is 0 Å². The standard InChI is InChI=1S/C16H23N5O4/c1-2-25-15(22)19-14-12-11-4-3-5-21(11)16(23,13(12)17-10-18-14)20-6-8-24-9-7-20/h10,13,23H,2-9H2,1H3,(H,17,18,19,22). The second kappa shape index (κ2) is 6.40. The minimum atomic E-state index is -1.24. The molecule has 0 aromatic heterocycles. The number of rotatable bonds is 2. The average molecular weight is 349 g/mol. The molecular weight excluding hydrogens is 326 g/mol. The lowest BCUT2D eigenvalue weighted by Crippen LogP contribution is -2.65. The van der Waals surface area contributed by atoms with Crippen molar-refractivity contribution in [2.24, 2.45) is 9.98 Å². The van der Waals surface area contributed by atoms with Crippen molar-refractivity contribution in [3.8, 4) is 0 Å². The van der Waals surface area contributed by atoms with Crippen molar-refractivity contribution >= 4 is 18.3 Å². The highest BCUT2D eigenvalue weighted by Crippen LogP contribution is 2.46. The van der Waals surface area contributed by atoms with Crippen molar-refractivity contribution in [2.45, 2.75) is 31.7 Å². The molecule has 9 nitrogen and oxygen atoms in total. The van der Waals surface area contributed by atoms with E-state index >= 15 is 0 Å². The molecule has 0 aromatic carbocycles. The molecule has 2 saturated heterocycles. The Bertz CT molecular complexity index is 655. The summed E-state index contributed by atoms with van der Waals surface area (Å²) in [6.07, 6.45) is 2.64. The number of carbonyl (C=O) groups excluding carboxylic acids is 1. The molecule has 1 amide bonds. The quantitative estimate of drug-likeness (QED) is 0.721. The molecule has 136 valence electrons. The Morgan fingerprint density at radius 2 is 2.28 bits per heavy atom. The van der Waals surface area contributed by atoms with E-state index in [0.717, 1.165) is 30.7 Å². The van der Waals surface area contributed by atoms with Crippen LogP contribution in [0.2, 0.25) is 0 Å². The van der Waals surface area contributed by atoms with Gasteiger partial charge < -0.3 is 19.5 Å². The van der Waals surface area contributed by atoms with Gasteiger partial charge in [0.2, 0.25) is 5.85 Å². The molecule has 2 atom stereocenters. The first kappa shape index (κ1) is 16.5. The minimum absolute atomic E-state index is 0.284. The third-order valence-electron chi connectivity index (χ3n) is 5.10. The summed E-state index contributed by atoms with van der Waals surface area (Å²) in [7, 11) is 0. The number of allylic oxidation sites excluding steroid dienone is 1. The number of morpholine rings is 1. The van der Waals surface area contributed by atoms with Crippen molar-refractivity contribution in [3.63, 3.8) is 0 Å². The number of nitrogens with zero attached hydrogens (tertiary/aromatic N) is 4. The third kappa shape index (κ3) is 2.54. The summed E-state index contributed by atoms with van der Waals surface area (Å²) in [5.74, 6) is -0.816. The van der Waals surface area contributed by atoms with E-state index < -0.39 is 18.0 Å². The van der Waals surface area contributed by atoms with Crippen LogP contribution in [-0.2, 0) is 9.47 Å². The number of carbonyl (C=O) groups is 1. The fourth-order valence-electron chi connectivity index (χ4n) is 4.08. The van der Waals surface area contributed by atoms with Gasteiger partial charge in [0.1, 0.15) is 18.2 Å². The number of fused-ring (bicyclic) bond motifs is 2. The van der Waals surface area contributed by atoms with E-state index in [4.69, 9.17) is 9.47 Å². The summed E-state index contributed by atoms with van der Waals surface area (Å²) < 4.78 is 10.4. The van der Waals surface area contributed by atoms with E-state index in [2.05, 4.69) is 15.3 Å². The number of alkyl carbamates (subject to hydrolysis) is 1. The van der Waals surface area contributed by atoms with E-state index in [1.165, 1.54) is 6.34 Å². The number of amides is 1. The first-order valence-corrected chi connectivity index (χ1v) is 8.75. The number of hydrogen-bond acceptors (Lipinski definition) is 8. The fourth-order valence-corrected chi connectivity index (χ4v) is 4.08. The van der Waals surface area contributed by atoms with E-state index in [9.17, 15) is 9.90 Å². The molecule has 0 aliphatic carbocycles. The lowest BCUT2D eigenvalue weighted by Gasteiger charge is -2.47. The van der Waals surface area contributed by atoms with Crippen LogP contribution in [0, 0.1) is 0 Å². The van der Waals surface area contributed by atoms with Crippen LogP contribution in [0.25, 0.3) is 0 Å². The molecule has 4 aliphatic heterocycles. The molecule has 2 unspecified atom stereocenters. The Kier molecular flexibility index (Phi) is 4.22. The lowest BCUT2D eigenvalue weighted by molar-refractivity contribution is -0.214. The maximum atomic E-state index is 11.9. The van der Waals surface area contributed by atoms with Crippen molar-refractivity contribution in [1.82, 2.24) is 15.1 Å². The Labute approximate surface area is 146 Å². The molecule has 2 fully saturated rings. The van der Waals surface area contributed by atoms with Gasteiger partial charge in [-0.1, -0.05) is 0 Å².